The number of hydrogen-bond donors (Lipinski definition) is 1. The van der Waals surface area contributed by atoms with E-state index in [0.717, 1.165) is 29.6 Å². The van der Waals surface area contributed by atoms with E-state index in [1.165, 1.54) is 7.11 Å². The van der Waals surface area contributed by atoms with Gasteiger partial charge in [-0.15, -0.1) is 0 Å². The van der Waals surface area contributed by atoms with Crippen molar-refractivity contribution in [3.05, 3.63) is 64.2 Å². The SMILES string of the molecule is COc1cc(/C=C2\CCn3c2nc(=O)c2ccccc23)ccc1O. The minimum atomic E-state index is -0.201. The number of benzene rings is 2. The minimum absolute atomic E-state index is 0.104. The van der Waals surface area contributed by atoms with Crippen LogP contribution in [0.4, 0.5) is 0 Å². The highest BCUT2D eigenvalue weighted by Crippen LogP contribution is 2.32. The monoisotopic (exact) mass is 320 g/mol. The van der Waals surface area contributed by atoms with Crippen LogP contribution in [0.1, 0.15) is 17.8 Å². The standard InChI is InChI=1S/C19H16N2O3/c1-24-17-11-12(6-7-16(17)22)10-13-8-9-21-15-5-3-2-4-14(15)19(23)20-18(13)21/h2-7,10-11,22H,8-9H2,1H3/b13-10+. The molecule has 1 aliphatic rings. The van der Waals surface area contributed by atoms with Crippen molar-refractivity contribution in [2.75, 3.05) is 7.11 Å². The zero-order valence-electron chi connectivity index (χ0n) is 13.2. The average Bonchev–Trinajstić information content (AvgIpc) is 3.00. The quantitative estimate of drug-likeness (QED) is 0.788. The van der Waals surface area contributed by atoms with Gasteiger partial charge in [0, 0.05) is 6.54 Å². The lowest BCUT2D eigenvalue weighted by Crippen LogP contribution is -2.14. The summed E-state index contributed by atoms with van der Waals surface area (Å²) in [6.45, 7) is 0.796. The Kier molecular flexibility index (Phi) is 3.34. The Morgan fingerprint density at radius 3 is 2.92 bits per heavy atom. The van der Waals surface area contributed by atoms with Crippen molar-refractivity contribution in [3.63, 3.8) is 0 Å². The molecule has 3 aromatic rings. The first-order valence-electron chi connectivity index (χ1n) is 7.75. The van der Waals surface area contributed by atoms with E-state index in [2.05, 4.69) is 9.55 Å². The molecular formula is C19H16N2O3. The molecule has 0 spiro atoms. The predicted octanol–water partition coefficient (Wildman–Crippen LogP) is 3.06. The molecule has 0 aliphatic carbocycles. The van der Waals surface area contributed by atoms with Gasteiger partial charge >= 0.3 is 0 Å². The van der Waals surface area contributed by atoms with Crippen molar-refractivity contribution in [3.8, 4) is 11.5 Å². The van der Waals surface area contributed by atoms with Crippen LogP contribution in [0.15, 0.2) is 47.3 Å². The molecule has 5 heteroatoms. The average molecular weight is 320 g/mol. The first-order chi connectivity index (χ1) is 11.7. The number of ether oxygens (including phenoxy) is 1. The Morgan fingerprint density at radius 2 is 2.08 bits per heavy atom. The summed E-state index contributed by atoms with van der Waals surface area (Å²) >= 11 is 0. The molecule has 1 aliphatic heterocycles. The predicted molar refractivity (Wildman–Crippen MR) is 93.1 cm³/mol. The summed E-state index contributed by atoms with van der Waals surface area (Å²) in [6.07, 6.45) is 2.80. The number of aromatic hydroxyl groups is 1. The summed E-state index contributed by atoms with van der Waals surface area (Å²) in [4.78, 5) is 16.6. The molecule has 0 radical (unpaired) electrons. The molecule has 2 heterocycles. The molecule has 0 unspecified atom stereocenters. The Bertz CT molecular complexity index is 1030. The summed E-state index contributed by atoms with van der Waals surface area (Å²) in [7, 11) is 1.52. The maximum absolute atomic E-state index is 12.3. The van der Waals surface area contributed by atoms with E-state index in [9.17, 15) is 9.90 Å². The summed E-state index contributed by atoms with van der Waals surface area (Å²) in [5.41, 5.74) is 2.62. The molecule has 0 saturated heterocycles. The van der Waals surface area contributed by atoms with Crippen molar-refractivity contribution in [2.24, 2.45) is 0 Å². The second-order valence-electron chi connectivity index (χ2n) is 5.76. The van der Waals surface area contributed by atoms with Gasteiger partial charge in [0.1, 0.15) is 5.82 Å². The highest BCUT2D eigenvalue weighted by Gasteiger charge is 2.20. The summed E-state index contributed by atoms with van der Waals surface area (Å²) in [5.74, 6) is 1.24. The second-order valence-corrected chi connectivity index (χ2v) is 5.76. The number of para-hydroxylation sites is 1. The van der Waals surface area contributed by atoms with Gasteiger partial charge in [0.05, 0.1) is 18.0 Å². The van der Waals surface area contributed by atoms with Gasteiger partial charge < -0.3 is 14.4 Å². The molecule has 0 atom stereocenters. The fourth-order valence-electron chi connectivity index (χ4n) is 3.16. The molecule has 24 heavy (non-hydrogen) atoms. The van der Waals surface area contributed by atoms with Crippen LogP contribution in [0.2, 0.25) is 0 Å². The van der Waals surface area contributed by atoms with E-state index in [1.807, 2.05) is 36.4 Å². The Morgan fingerprint density at radius 1 is 1.25 bits per heavy atom. The smallest absolute Gasteiger partial charge is 0.281 e. The number of fused-ring (bicyclic) bond motifs is 3. The number of aryl methyl sites for hydroxylation is 1. The van der Waals surface area contributed by atoms with Gasteiger partial charge in [-0.05, 0) is 47.9 Å². The Balaban J connectivity index is 1.86. The number of rotatable bonds is 2. The van der Waals surface area contributed by atoms with Gasteiger partial charge in [-0.25, -0.2) is 0 Å². The van der Waals surface area contributed by atoms with Gasteiger partial charge in [-0.2, -0.15) is 4.98 Å². The van der Waals surface area contributed by atoms with Crippen LogP contribution in [0.5, 0.6) is 11.5 Å². The number of phenolic OH excluding ortho intramolecular Hbond substituents is 1. The third-order valence-electron chi connectivity index (χ3n) is 4.33. The summed E-state index contributed by atoms with van der Waals surface area (Å²) in [6, 6.07) is 12.7. The summed E-state index contributed by atoms with van der Waals surface area (Å²) in [5, 5.41) is 10.4. The third-order valence-corrected chi connectivity index (χ3v) is 4.33. The fourth-order valence-corrected chi connectivity index (χ4v) is 3.16. The number of aromatic nitrogens is 2. The molecule has 4 rings (SSSR count). The molecule has 0 amide bonds. The molecule has 1 N–H and O–H groups in total. The van der Waals surface area contributed by atoms with Gasteiger partial charge in [0.2, 0.25) is 0 Å². The van der Waals surface area contributed by atoms with Crippen molar-refractivity contribution >= 4 is 22.6 Å². The molecule has 5 nitrogen and oxygen atoms in total. The molecule has 0 fully saturated rings. The second kappa shape index (κ2) is 5.53. The van der Waals surface area contributed by atoms with E-state index in [4.69, 9.17) is 4.74 Å². The van der Waals surface area contributed by atoms with Gasteiger partial charge in [-0.3, -0.25) is 4.79 Å². The number of phenols is 1. The summed E-state index contributed by atoms with van der Waals surface area (Å²) < 4.78 is 7.23. The van der Waals surface area contributed by atoms with Crippen molar-refractivity contribution in [2.45, 2.75) is 13.0 Å². The van der Waals surface area contributed by atoms with E-state index in [-0.39, 0.29) is 11.3 Å². The van der Waals surface area contributed by atoms with Crippen LogP contribution in [0.25, 0.3) is 22.6 Å². The highest BCUT2D eigenvalue weighted by molar-refractivity contribution is 5.85. The van der Waals surface area contributed by atoms with Crippen LogP contribution in [-0.2, 0) is 6.54 Å². The maximum atomic E-state index is 12.3. The number of nitrogens with zero attached hydrogens (tertiary/aromatic N) is 2. The van der Waals surface area contributed by atoms with Crippen molar-refractivity contribution in [1.82, 2.24) is 9.55 Å². The lowest BCUT2D eigenvalue weighted by molar-refractivity contribution is 0.373. The Hall–Kier alpha value is -3.08. The zero-order valence-corrected chi connectivity index (χ0v) is 13.2. The van der Waals surface area contributed by atoms with Crippen LogP contribution in [0, 0.1) is 0 Å². The molecule has 1 aromatic heterocycles. The largest absolute Gasteiger partial charge is 0.504 e. The Labute approximate surface area is 138 Å². The minimum Gasteiger partial charge on any atom is -0.504 e. The molecule has 120 valence electrons. The number of allylic oxidation sites excluding steroid dienone is 1. The van der Waals surface area contributed by atoms with Crippen LogP contribution in [-0.4, -0.2) is 21.8 Å². The zero-order chi connectivity index (χ0) is 16.7. The van der Waals surface area contributed by atoms with Crippen molar-refractivity contribution < 1.29 is 9.84 Å². The van der Waals surface area contributed by atoms with Gasteiger partial charge in [0.15, 0.2) is 11.5 Å². The number of hydrogen-bond acceptors (Lipinski definition) is 4. The fraction of sp³-hybridized carbons (Fsp3) is 0.158. The third kappa shape index (κ3) is 2.25. The van der Waals surface area contributed by atoms with Crippen LogP contribution < -0.4 is 10.3 Å². The van der Waals surface area contributed by atoms with Crippen molar-refractivity contribution in [1.29, 1.82) is 0 Å². The molecular weight excluding hydrogens is 304 g/mol. The normalized spacial score (nSPS) is 15.0. The van der Waals surface area contributed by atoms with E-state index in [0.29, 0.717) is 17.0 Å². The van der Waals surface area contributed by atoms with Gasteiger partial charge in [-0.1, -0.05) is 18.2 Å². The molecule has 2 aromatic carbocycles. The van der Waals surface area contributed by atoms with E-state index < -0.39 is 0 Å². The molecule has 0 saturated carbocycles. The van der Waals surface area contributed by atoms with E-state index >= 15 is 0 Å². The molecule has 0 bridgehead atoms. The van der Waals surface area contributed by atoms with Gasteiger partial charge in [0.25, 0.3) is 5.56 Å². The lowest BCUT2D eigenvalue weighted by Gasteiger charge is -2.08. The topological polar surface area (TPSA) is 64.4 Å². The lowest BCUT2D eigenvalue weighted by atomic mass is 10.1. The highest BCUT2D eigenvalue weighted by atomic mass is 16.5. The van der Waals surface area contributed by atoms with E-state index in [1.54, 1.807) is 12.1 Å². The first-order valence-corrected chi connectivity index (χ1v) is 7.75. The first kappa shape index (κ1) is 14.5. The number of methoxy groups -OCH3 is 1. The van der Waals surface area contributed by atoms with Crippen LogP contribution in [0.3, 0.4) is 0 Å². The maximum Gasteiger partial charge on any atom is 0.281 e. The van der Waals surface area contributed by atoms with Crippen LogP contribution >= 0.6 is 0 Å².